The van der Waals surface area contributed by atoms with Gasteiger partial charge in [-0.2, -0.15) is 25.2 Å². The Bertz CT molecular complexity index is 1310. The van der Waals surface area contributed by atoms with Gasteiger partial charge < -0.3 is 10.1 Å². The summed E-state index contributed by atoms with van der Waals surface area (Å²) in [4.78, 5) is 11.4. The Balaban J connectivity index is 0.000000221. The highest BCUT2D eigenvalue weighted by Crippen LogP contribution is 2.37. The number of hydrazine groups is 1. The largest absolute Gasteiger partial charge is 0.497 e. The standard InChI is InChI=1S/C12H9Cl6N3O.C9H5Cl3N4/c1-22-8-4-2-7(3-5-8)9-6-10(11(13,14)15)20-21(19-9)12(16,17)18;10-5-3-1-2-4-6(5)13-9-15-7(11)14-8(12)16-9/h2-6,19H,1H3;1-4H,(H,13,14,15,16). The number of allylic oxidation sites excluding steroid dienone is 1. The van der Waals surface area contributed by atoms with Crippen LogP contribution in [0.4, 0.5) is 11.6 Å². The third-order valence-corrected chi connectivity index (χ3v) is 6.08. The van der Waals surface area contributed by atoms with Crippen LogP contribution in [0.15, 0.2) is 59.7 Å². The van der Waals surface area contributed by atoms with E-state index in [2.05, 4.69) is 30.8 Å². The Labute approximate surface area is 262 Å². The second kappa shape index (κ2) is 13.4. The Kier molecular flexibility index (Phi) is 11.0. The van der Waals surface area contributed by atoms with E-state index in [4.69, 9.17) is 109 Å². The van der Waals surface area contributed by atoms with E-state index in [1.807, 2.05) is 12.1 Å². The van der Waals surface area contributed by atoms with Gasteiger partial charge in [0.2, 0.25) is 20.3 Å². The second-order valence-corrected chi connectivity index (χ2v) is 12.5. The summed E-state index contributed by atoms with van der Waals surface area (Å²) in [6.45, 7) is 0. The maximum atomic E-state index is 5.95. The van der Waals surface area contributed by atoms with Gasteiger partial charge >= 0.3 is 3.92 Å². The van der Waals surface area contributed by atoms with Gasteiger partial charge in [-0.15, -0.1) is 0 Å². The number of hydrogen-bond donors (Lipinski definition) is 2. The highest BCUT2D eigenvalue weighted by atomic mass is 35.6. The van der Waals surface area contributed by atoms with Crippen molar-refractivity contribution in [1.82, 2.24) is 25.5 Å². The lowest BCUT2D eigenvalue weighted by Crippen LogP contribution is -2.45. The number of methoxy groups -OCH3 is 1. The average Bonchev–Trinajstić information content (AvgIpc) is 2.84. The lowest BCUT2D eigenvalue weighted by atomic mass is 10.1. The first-order chi connectivity index (χ1) is 17.8. The number of hydrazone groups is 1. The van der Waals surface area contributed by atoms with E-state index < -0.39 is 7.71 Å². The van der Waals surface area contributed by atoms with Gasteiger partial charge in [0.05, 0.1) is 23.5 Å². The Morgan fingerprint density at radius 1 is 0.842 bits per heavy atom. The molecular formula is C21H14Cl9N7O. The van der Waals surface area contributed by atoms with E-state index in [1.165, 1.54) is 0 Å². The maximum absolute atomic E-state index is 5.95. The Morgan fingerprint density at radius 2 is 1.45 bits per heavy atom. The summed E-state index contributed by atoms with van der Waals surface area (Å²) in [5.74, 6) is 0.951. The molecule has 8 nitrogen and oxygen atoms in total. The fourth-order valence-electron chi connectivity index (χ4n) is 2.69. The summed E-state index contributed by atoms with van der Waals surface area (Å²) in [7, 11) is 1.57. The minimum atomic E-state index is -1.87. The average molecular weight is 699 g/mol. The van der Waals surface area contributed by atoms with Crippen LogP contribution in [0, 0.1) is 0 Å². The normalized spacial score (nSPS) is 13.5. The fraction of sp³-hybridized carbons (Fsp3) is 0.143. The van der Waals surface area contributed by atoms with E-state index in [9.17, 15) is 0 Å². The first-order valence-electron chi connectivity index (χ1n) is 10.0. The van der Waals surface area contributed by atoms with Crippen molar-refractivity contribution in [2.24, 2.45) is 5.10 Å². The number of para-hydroxylation sites is 1. The van der Waals surface area contributed by atoms with Crippen molar-refractivity contribution >= 4 is 127 Å². The van der Waals surface area contributed by atoms with Crippen LogP contribution in [0.25, 0.3) is 5.70 Å². The SMILES string of the molecule is COc1ccc(C2=CC(C(Cl)(Cl)Cl)=NN(C(Cl)(Cl)Cl)N2)cc1.Clc1nc(Cl)nc(Nc2ccccc2Cl)n1. The Hall–Kier alpha value is -1.33. The van der Waals surface area contributed by atoms with Gasteiger partial charge in [-0.25, -0.2) is 0 Å². The number of nitrogens with one attached hydrogen (secondary N) is 2. The van der Waals surface area contributed by atoms with Crippen LogP contribution in [0.5, 0.6) is 5.75 Å². The van der Waals surface area contributed by atoms with Crippen molar-refractivity contribution in [3.8, 4) is 5.75 Å². The summed E-state index contributed by atoms with van der Waals surface area (Å²) in [6.07, 6.45) is 1.56. The summed E-state index contributed by atoms with van der Waals surface area (Å²) in [5.41, 5.74) is 4.93. The molecule has 1 aromatic heterocycles. The predicted octanol–water partition coefficient (Wildman–Crippen LogP) is 8.49. The van der Waals surface area contributed by atoms with Gasteiger partial charge in [-0.3, -0.25) is 5.43 Å². The molecule has 0 unspecified atom stereocenters. The van der Waals surface area contributed by atoms with Crippen molar-refractivity contribution in [2.75, 3.05) is 12.4 Å². The number of benzene rings is 2. The topological polar surface area (TPSA) is 87.6 Å². The number of hydrogen-bond acceptors (Lipinski definition) is 8. The van der Waals surface area contributed by atoms with Gasteiger partial charge in [0.25, 0.3) is 0 Å². The van der Waals surface area contributed by atoms with Gasteiger partial charge in [-0.1, -0.05) is 93.3 Å². The fourth-order valence-corrected chi connectivity index (χ4v) is 3.75. The molecule has 1 aliphatic heterocycles. The molecule has 38 heavy (non-hydrogen) atoms. The van der Waals surface area contributed by atoms with Crippen LogP contribution in [0.1, 0.15) is 5.56 Å². The number of nitrogens with zero attached hydrogens (tertiary/aromatic N) is 5. The smallest absolute Gasteiger partial charge is 0.301 e. The first kappa shape index (κ1) is 31.2. The predicted molar refractivity (Wildman–Crippen MR) is 159 cm³/mol. The minimum Gasteiger partial charge on any atom is -0.497 e. The van der Waals surface area contributed by atoms with Crippen molar-refractivity contribution in [1.29, 1.82) is 0 Å². The van der Waals surface area contributed by atoms with Gasteiger partial charge in [0.15, 0.2) is 0 Å². The summed E-state index contributed by atoms with van der Waals surface area (Å²) < 4.78 is 1.47. The van der Waals surface area contributed by atoms with Crippen LogP contribution < -0.4 is 15.5 Å². The molecule has 0 amide bonds. The van der Waals surface area contributed by atoms with Crippen LogP contribution in [0.2, 0.25) is 15.6 Å². The van der Waals surface area contributed by atoms with Crippen LogP contribution >= 0.6 is 104 Å². The number of anilines is 2. The van der Waals surface area contributed by atoms with E-state index in [1.54, 1.807) is 49.6 Å². The van der Waals surface area contributed by atoms with E-state index in [0.29, 0.717) is 22.2 Å². The maximum Gasteiger partial charge on any atom is 0.301 e. The molecule has 202 valence electrons. The molecule has 2 heterocycles. The lowest BCUT2D eigenvalue weighted by Gasteiger charge is -2.33. The molecule has 0 fully saturated rings. The van der Waals surface area contributed by atoms with E-state index in [-0.39, 0.29) is 22.2 Å². The second-order valence-electron chi connectivity index (χ2n) is 6.96. The number of alkyl halides is 6. The molecule has 2 aromatic carbocycles. The van der Waals surface area contributed by atoms with Gasteiger partial charge in [-0.05, 0) is 71.2 Å². The number of aromatic nitrogens is 3. The van der Waals surface area contributed by atoms with E-state index >= 15 is 0 Å². The molecule has 0 saturated carbocycles. The molecule has 4 rings (SSSR count). The van der Waals surface area contributed by atoms with Gasteiger partial charge in [0.1, 0.15) is 11.5 Å². The molecule has 2 N–H and O–H groups in total. The van der Waals surface area contributed by atoms with Gasteiger partial charge in [0, 0.05) is 0 Å². The van der Waals surface area contributed by atoms with Crippen LogP contribution in [-0.4, -0.2) is 40.6 Å². The molecule has 1 aliphatic rings. The summed E-state index contributed by atoms with van der Waals surface area (Å²) in [6, 6.07) is 14.3. The number of rotatable bonds is 4. The van der Waals surface area contributed by atoms with E-state index in [0.717, 1.165) is 10.7 Å². The van der Waals surface area contributed by atoms with Crippen molar-refractivity contribution in [2.45, 2.75) is 7.71 Å². The van der Waals surface area contributed by atoms with Crippen molar-refractivity contribution in [3.63, 3.8) is 0 Å². The molecule has 0 bridgehead atoms. The zero-order valence-electron chi connectivity index (χ0n) is 18.7. The molecule has 0 aliphatic carbocycles. The van der Waals surface area contributed by atoms with Crippen LogP contribution in [0.3, 0.4) is 0 Å². The summed E-state index contributed by atoms with van der Waals surface area (Å²) in [5, 5.41) is 8.45. The minimum absolute atomic E-state index is 0.0227. The Morgan fingerprint density at radius 3 is 1.97 bits per heavy atom. The zero-order valence-corrected chi connectivity index (χ0v) is 25.5. The highest BCUT2D eigenvalue weighted by molar-refractivity contribution is 6.77. The highest BCUT2D eigenvalue weighted by Gasteiger charge is 2.37. The number of halogens is 9. The third-order valence-electron chi connectivity index (χ3n) is 4.35. The number of ether oxygens (including phenoxy) is 1. The molecule has 17 heteroatoms. The first-order valence-corrected chi connectivity index (χ1v) is 13.4. The van der Waals surface area contributed by atoms with Crippen LogP contribution in [-0.2, 0) is 0 Å². The third kappa shape index (κ3) is 9.11. The molecule has 3 aromatic rings. The molecular weight excluding hydrogens is 685 g/mol. The molecule has 0 saturated heterocycles. The monoisotopic (exact) mass is 695 g/mol. The molecule has 0 radical (unpaired) electrons. The molecule has 0 atom stereocenters. The lowest BCUT2D eigenvalue weighted by molar-refractivity contribution is 0.236. The van der Waals surface area contributed by atoms with Crippen molar-refractivity contribution < 1.29 is 4.74 Å². The summed E-state index contributed by atoms with van der Waals surface area (Å²) >= 11 is 52.4. The van der Waals surface area contributed by atoms with Crippen molar-refractivity contribution in [3.05, 3.63) is 75.8 Å². The quantitative estimate of drug-likeness (QED) is 0.209. The molecule has 0 spiro atoms. The zero-order chi connectivity index (χ0) is 28.1.